The Bertz CT molecular complexity index is 913. The number of piperidine rings is 1. The van der Waals surface area contributed by atoms with Crippen LogP contribution in [-0.2, 0) is 4.79 Å². The maximum Gasteiger partial charge on any atom is 0.426 e. The molecule has 7 nitrogen and oxygen atoms in total. The van der Waals surface area contributed by atoms with Crippen LogP contribution in [0.4, 0.5) is 18.9 Å². The maximum absolute atomic E-state index is 13.4. The molecule has 0 aromatic heterocycles. The van der Waals surface area contributed by atoms with Crippen LogP contribution in [0.1, 0.15) is 37.0 Å². The lowest BCUT2D eigenvalue weighted by Crippen LogP contribution is -2.64. The van der Waals surface area contributed by atoms with Crippen LogP contribution in [0.3, 0.4) is 0 Å². The van der Waals surface area contributed by atoms with Crippen molar-refractivity contribution in [2.45, 2.75) is 50.6 Å². The summed E-state index contributed by atoms with van der Waals surface area (Å²) in [7, 11) is 3.32. The first kappa shape index (κ1) is 26.6. The SMILES string of the molecule is CC(C)[C@](O)(C(=O)N1CCC(N2CC(Nc3ccc(C(=O)N(C)C)c(Cl)c3)C2)CC1)C(F)(F)F. The Labute approximate surface area is 202 Å². The first-order chi connectivity index (χ1) is 15.8. The predicted molar refractivity (Wildman–Crippen MR) is 124 cm³/mol. The lowest BCUT2D eigenvalue weighted by Gasteiger charge is -2.48. The van der Waals surface area contributed by atoms with Gasteiger partial charge in [-0.05, 0) is 31.0 Å². The summed E-state index contributed by atoms with van der Waals surface area (Å²) in [4.78, 5) is 29.5. The molecule has 2 aliphatic heterocycles. The second kappa shape index (κ2) is 9.91. The van der Waals surface area contributed by atoms with Crippen molar-refractivity contribution >= 4 is 29.1 Å². The normalized spacial score (nSPS) is 20.1. The van der Waals surface area contributed by atoms with Crippen LogP contribution in [0.2, 0.25) is 5.02 Å². The highest BCUT2D eigenvalue weighted by molar-refractivity contribution is 6.34. The summed E-state index contributed by atoms with van der Waals surface area (Å²) < 4.78 is 40.3. The number of amides is 2. The fourth-order valence-corrected chi connectivity index (χ4v) is 4.79. The lowest BCUT2D eigenvalue weighted by molar-refractivity contribution is -0.270. The molecule has 2 amide bonds. The minimum atomic E-state index is -5.02. The van der Waals surface area contributed by atoms with Crippen LogP contribution in [0.5, 0.6) is 0 Å². The first-order valence-corrected chi connectivity index (χ1v) is 11.7. The molecule has 0 unspecified atom stereocenters. The van der Waals surface area contributed by atoms with E-state index < -0.39 is 23.6 Å². The van der Waals surface area contributed by atoms with Crippen LogP contribution in [0.15, 0.2) is 18.2 Å². The summed E-state index contributed by atoms with van der Waals surface area (Å²) in [5.41, 5.74) is -2.12. The van der Waals surface area contributed by atoms with Crippen molar-refractivity contribution in [1.82, 2.24) is 14.7 Å². The molecule has 0 spiro atoms. The molecule has 3 rings (SSSR count). The van der Waals surface area contributed by atoms with Gasteiger partial charge >= 0.3 is 6.18 Å². The summed E-state index contributed by atoms with van der Waals surface area (Å²) in [5.74, 6) is -2.70. The zero-order chi connectivity index (χ0) is 25.4. The van der Waals surface area contributed by atoms with Gasteiger partial charge in [-0.2, -0.15) is 13.2 Å². The minimum absolute atomic E-state index is 0.168. The van der Waals surface area contributed by atoms with Crippen molar-refractivity contribution in [3.05, 3.63) is 28.8 Å². The number of benzene rings is 1. The van der Waals surface area contributed by atoms with Crippen molar-refractivity contribution in [3.63, 3.8) is 0 Å². The van der Waals surface area contributed by atoms with E-state index in [2.05, 4.69) is 10.2 Å². The van der Waals surface area contributed by atoms with E-state index in [9.17, 15) is 27.9 Å². The third-order valence-corrected chi connectivity index (χ3v) is 7.06. The Balaban J connectivity index is 1.50. The van der Waals surface area contributed by atoms with Crippen LogP contribution < -0.4 is 5.32 Å². The lowest BCUT2D eigenvalue weighted by atomic mass is 9.87. The molecule has 0 aliphatic carbocycles. The van der Waals surface area contributed by atoms with Gasteiger partial charge in [0, 0.05) is 57.9 Å². The number of nitrogens with zero attached hydrogens (tertiary/aromatic N) is 3. The fraction of sp³-hybridized carbons (Fsp3) is 0.652. The van der Waals surface area contributed by atoms with Crippen LogP contribution in [0, 0.1) is 5.92 Å². The van der Waals surface area contributed by atoms with Gasteiger partial charge in [0.1, 0.15) is 0 Å². The molecule has 1 aromatic rings. The molecule has 0 saturated carbocycles. The highest BCUT2D eigenvalue weighted by Crippen LogP contribution is 2.38. The van der Waals surface area contributed by atoms with E-state index in [4.69, 9.17) is 11.6 Å². The highest BCUT2D eigenvalue weighted by Gasteiger charge is 2.62. The van der Waals surface area contributed by atoms with Gasteiger partial charge in [-0.1, -0.05) is 25.4 Å². The largest absolute Gasteiger partial charge is 0.426 e. The van der Waals surface area contributed by atoms with E-state index in [1.54, 1.807) is 26.2 Å². The molecule has 0 bridgehead atoms. The number of rotatable bonds is 6. The molecule has 2 heterocycles. The summed E-state index contributed by atoms with van der Waals surface area (Å²) in [6.07, 6.45) is -3.92. The van der Waals surface area contributed by atoms with E-state index in [0.717, 1.165) is 23.7 Å². The number of halogens is 4. The molecule has 1 atom stereocenters. The van der Waals surface area contributed by atoms with E-state index in [0.29, 0.717) is 23.4 Å². The number of carbonyl (C=O) groups is 2. The molecule has 11 heteroatoms. The molecular weight excluding hydrogens is 473 g/mol. The predicted octanol–water partition coefficient (Wildman–Crippen LogP) is 3.08. The van der Waals surface area contributed by atoms with Gasteiger partial charge < -0.3 is 20.2 Å². The topological polar surface area (TPSA) is 76.1 Å². The second-order valence-corrected chi connectivity index (χ2v) is 10.0. The molecular formula is C23H32ClF3N4O3. The summed E-state index contributed by atoms with van der Waals surface area (Å²) >= 11 is 6.26. The average Bonchev–Trinajstić information content (AvgIpc) is 2.73. The summed E-state index contributed by atoms with van der Waals surface area (Å²) in [6.45, 7) is 4.28. The Morgan fingerprint density at radius 2 is 1.76 bits per heavy atom. The smallest absolute Gasteiger partial charge is 0.380 e. The van der Waals surface area contributed by atoms with Gasteiger partial charge in [-0.15, -0.1) is 0 Å². The molecule has 190 valence electrons. The van der Waals surface area contributed by atoms with Crippen molar-refractivity contribution in [2.75, 3.05) is 45.6 Å². The van der Waals surface area contributed by atoms with E-state index >= 15 is 0 Å². The first-order valence-electron chi connectivity index (χ1n) is 11.4. The molecule has 2 aliphatic rings. The van der Waals surface area contributed by atoms with Crippen LogP contribution >= 0.6 is 11.6 Å². The van der Waals surface area contributed by atoms with Crippen LogP contribution in [-0.4, -0.2) is 95.8 Å². The number of hydrogen-bond acceptors (Lipinski definition) is 5. The maximum atomic E-state index is 13.4. The number of carbonyl (C=O) groups excluding carboxylic acids is 2. The Kier molecular flexibility index (Phi) is 7.74. The van der Waals surface area contributed by atoms with Crippen LogP contribution in [0.25, 0.3) is 0 Å². The number of likely N-dealkylation sites (tertiary alicyclic amines) is 2. The zero-order valence-electron chi connectivity index (χ0n) is 19.8. The molecule has 2 N–H and O–H groups in total. The van der Waals surface area contributed by atoms with Crippen molar-refractivity contribution in [1.29, 1.82) is 0 Å². The Morgan fingerprint density at radius 1 is 1.18 bits per heavy atom. The van der Waals surface area contributed by atoms with Gasteiger partial charge in [-0.25, -0.2) is 0 Å². The monoisotopic (exact) mass is 504 g/mol. The number of alkyl halides is 3. The zero-order valence-corrected chi connectivity index (χ0v) is 20.6. The van der Waals surface area contributed by atoms with Gasteiger partial charge in [0.25, 0.3) is 11.8 Å². The van der Waals surface area contributed by atoms with Gasteiger partial charge in [0.2, 0.25) is 5.60 Å². The van der Waals surface area contributed by atoms with E-state index in [1.807, 2.05) is 6.07 Å². The van der Waals surface area contributed by atoms with Gasteiger partial charge in [0.05, 0.1) is 16.6 Å². The highest BCUT2D eigenvalue weighted by atomic mass is 35.5. The quantitative estimate of drug-likeness (QED) is 0.623. The number of aliphatic hydroxyl groups is 1. The summed E-state index contributed by atoms with van der Waals surface area (Å²) in [5, 5.41) is 13.9. The van der Waals surface area contributed by atoms with Gasteiger partial charge in [-0.3, -0.25) is 14.5 Å². The second-order valence-electron chi connectivity index (χ2n) is 9.63. The summed E-state index contributed by atoms with van der Waals surface area (Å²) in [6, 6.07) is 5.58. The molecule has 34 heavy (non-hydrogen) atoms. The molecule has 0 radical (unpaired) electrons. The van der Waals surface area contributed by atoms with Crippen molar-refractivity contribution < 1.29 is 27.9 Å². The Hall–Kier alpha value is -2.04. The van der Waals surface area contributed by atoms with Crippen molar-refractivity contribution in [3.8, 4) is 0 Å². The standard InChI is InChI=1S/C23H32ClF3N4O3/c1-14(2)22(34,23(25,26)27)21(33)30-9-7-17(8-10-30)31-12-16(13-31)28-15-5-6-18(19(24)11-15)20(32)29(3)4/h5-6,11,14,16-17,28,34H,7-10,12-13H2,1-4H3/t22-/m0/s1. The van der Waals surface area contributed by atoms with E-state index in [1.165, 1.54) is 18.7 Å². The molecule has 2 saturated heterocycles. The van der Waals surface area contributed by atoms with Crippen molar-refractivity contribution in [2.24, 2.45) is 5.92 Å². The molecule has 2 fully saturated rings. The van der Waals surface area contributed by atoms with E-state index in [-0.39, 0.29) is 31.1 Å². The third-order valence-electron chi connectivity index (χ3n) is 6.75. The third kappa shape index (κ3) is 5.13. The average molecular weight is 505 g/mol. The Morgan fingerprint density at radius 3 is 2.24 bits per heavy atom. The fourth-order valence-electron chi connectivity index (χ4n) is 4.53. The van der Waals surface area contributed by atoms with Gasteiger partial charge in [0.15, 0.2) is 0 Å². The number of nitrogens with one attached hydrogen (secondary N) is 1. The minimum Gasteiger partial charge on any atom is -0.380 e. The number of hydrogen-bond donors (Lipinski definition) is 2. The number of anilines is 1. The molecule has 1 aromatic carbocycles.